The van der Waals surface area contributed by atoms with Crippen LogP contribution in [0, 0.1) is 0 Å². The van der Waals surface area contributed by atoms with Gasteiger partial charge in [0.05, 0.1) is 0 Å². The summed E-state index contributed by atoms with van der Waals surface area (Å²) in [5.74, 6) is -2.14. The monoisotopic (exact) mass is 374 g/mol. The summed E-state index contributed by atoms with van der Waals surface area (Å²) in [6.45, 7) is 3.31. The molecule has 0 radical (unpaired) electrons. The first-order valence-corrected chi connectivity index (χ1v) is 7.62. The summed E-state index contributed by atoms with van der Waals surface area (Å²) in [5.41, 5.74) is 2.08. The fraction of sp³-hybridized carbons (Fsp3) is 0.647. The fourth-order valence-electron chi connectivity index (χ4n) is 1.65. The van der Waals surface area contributed by atoms with Crippen molar-refractivity contribution in [2.45, 2.75) is 58.7 Å². The highest BCUT2D eigenvalue weighted by Crippen LogP contribution is 2.25. The largest absolute Gasteiger partial charge is 0.411 e. The van der Waals surface area contributed by atoms with Crippen LogP contribution in [0.5, 0.6) is 0 Å². The molecule has 0 aromatic rings. The highest BCUT2D eigenvalue weighted by Gasteiger charge is 2.37. The van der Waals surface area contributed by atoms with Crippen molar-refractivity contribution in [2.75, 3.05) is 13.2 Å². The van der Waals surface area contributed by atoms with E-state index in [0.717, 1.165) is 37.0 Å². The summed E-state index contributed by atoms with van der Waals surface area (Å²) in [6.07, 6.45) is -1.82. The Morgan fingerprint density at radius 3 is 1.76 bits per heavy atom. The highest BCUT2D eigenvalue weighted by molar-refractivity contribution is 5.13. The third kappa shape index (κ3) is 14.7. The third-order valence-corrected chi connectivity index (χ3v) is 2.92. The van der Waals surface area contributed by atoms with E-state index in [2.05, 4.69) is 9.47 Å². The molecule has 0 saturated carbocycles. The number of ether oxygens (including phenoxy) is 2. The Bertz CT molecular complexity index is 464. The first kappa shape index (κ1) is 23.7. The summed E-state index contributed by atoms with van der Waals surface area (Å²) < 4.78 is 82.6. The zero-order valence-corrected chi connectivity index (χ0v) is 14.7. The van der Waals surface area contributed by atoms with Gasteiger partial charge in [-0.1, -0.05) is 29.4 Å². The normalized spacial score (nSPS) is 14.2. The van der Waals surface area contributed by atoms with Gasteiger partial charge in [0.15, 0.2) is 5.79 Å². The van der Waals surface area contributed by atoms with Gasteiger partial charge in [-0.2, -0.15) is 26.3 Å². The Labute approximate surface area is 144 Å². The Hall–Kier alpha value is -1.28. The topological polar surface area (TPSA) is 18.5 Å². The number of rotatable bonds is 9. The van der Waals surface area contributed by atoms with Crippen molar-refractivity contribution in [3.05, 3.63) is 35.5 Å². The first-order valence-electron chi connectivity index (χ1n) is 7.62. The van der Waals surface area contributed by atoms with E-state index in [-0.39, 0.29) is 0 Å². The summed E-state index contributed by atoms with van der Waals surface area (Å²) >= 11 is 0. The minimum absolute atomic E-state index is 0.721. The molecule has 0 aliphatic heterocycles. The molecule has 0 fully saturated rings. The van der Waals surface area contributed by atoms with E-state index >= 15 is 0 Å². The lowest BCUT2D eigenvalue weighted by molar-refractivity contribution is -0.284. The van der Waals surface area contributed by atoms with Crippen LogP contribution in [0.4, 0.5) is 26.3 Å². The highest BCUT2D eigenvalue weighted by atomic mass is 19.4. The Kier molecular flexibility index (Phi) is 9.50. The molecule has 0 N–H and O–H groups in total. The van der Waals surface area contributed by atoms with E-state index in [4.69, 9.17) is 0 Å². The van der Waals surface area contributed by atoms with Crippen LogP contribution < -0.4 is 0 Å². The van der Waals surface area contributed by atoms with Crippen molar-refractivity contribution < 1.29 is 35.8 Å². The molecule has 0 atom stereocenters. The molecule has 0 saturated heterocycles. The number of alkyl halides is 6. The maximum absolute atomic E-state index is 12.3. The van der Waals surface area contributed by atoms with Crippen LogP contribution in [0.1, 0.15) is 40.5 Å². The van der Waals surface area contributed by atoms with Gasteiger partial charge in [-0.3, -0.25) is 0 Å². The zero-order valence-electron chi connectivity index (χ0n) is 14.7. The predicted octanol–water partition coefficient (Wildman–Crippen LogP) is 6.11. The van der Waals surface area contributed by atoms with Crippen molar-refractivity contribution in [1.29, 1.82) is 0 Å². The molecule has 0 spiro atoms. The van der Waals surface area contributed by atoms with Crippen LogP contribution in [0.25, 0.3) is 0 Å². The number of hydrogen-bond acceptors (Lipinski definition) is 2. The van der Waals surface area contributed by atoms with E-state index in [1.807, 2.05) is 26.8 Å². The molecule has 0 unspecified atom stereocenters. The molecule has 0 heterocycles. The van der Waals surface area contributed by atoms with E-state index in [0.29, 0.717) is 0 Å². The second-order valence-corrected chi connectivity index (χ2v) is 6.02. The molecule has 0 aliphatic carbocycles. The van der Waals surface area contributed by atoms with Crippen LogP contribution in [-0.2, 0) is 9.47 Å². The second-order valence-electron chi connectivity index (χ2n) is 6.02. The number of halogens is 6. The summed E-state index contributed by atoms with van der Waals surface area (Å²) in [6, 6.07) is 0. The van der Waals surface area contributed by atoms with Crippen molar-refractivity contribution >= 4 is 0 Å². The van der Waals surface area contributed by atoms with Gasteiger partial charge >= 0.3 is 12.4 Å². The molecule has 8 heteroatoms. The third-order valence-electron chi connectivity index (χ3n) is 2.92. The van der Waals surface area contributed by atoms with Crippen LogP contribution in [0.2, 0.25) is 0 Å². The van der Waals surface area contributed by atoms with Gasteiger partial charge in [-0.05, 0) is 46.6 Å². The average Bonchev–Trinajstić information content (AvgIpc) is 2.41. The zero-order chi connectivity index (χ0) is 19.7. The molecule has 0 rings (SSSR count). The quantitative estimate of drug-likeness (QED) is 0.210. The van der Waals surface area contributed by atoms with Gasteiger partial charge in [-0.25, -0.2) is 0 Å². The number of hydrogen-bond donors (Lipinski definition) is 0. The van der Waals surface area contributed by atoms with Crippen molar-refractivity contribution in [3.63, 3.8) is 0 Å². The molecule has 0 aromatic heterocycles. The Morgan fingerprint density at radius 1 is 0.880 bits per heavy atom. The minimum Gasteiger partial charge on any atom is -0.337 e. The van der Waals surface area contributed by atoms with Crippen molar-refractivity contribution in [3.8, 4) is 0 Å². The minimum atomic E-state index is -4.67. The van der Waals surface area contributed by atoms with E-state index in [1.165, 1.54) is 6.08 Å². The summed E-state index contributed by atoms with van der Waals surface area (Å²) in [5, 5.41) is 0. The molecule has 0 aliphatic rings. The molecule has 0 bridgehead atoms. The van der Waals surface area contributed by atoms with Crippen LogP contribution >= 0.6 is 0 Å². The van der Waals surface area contributed by atoms with Gasteiger partial charge < -0.3 is 9.47 Å². The average molecular weight is 374 g/mol. The van der Waals surface area contributed by atoms with Crippen LogP contribution in [0.15, 0.2) is 35.5 Å². The lowest BCUT2D eigenvalue weighted by Gasteiger charge is -2.28. The first-order chi connectivity index (χ1) is 11.2. The molecule has 2 nitrogen and oxygen atoms in total. The van der Waals surface area contributed by atoms with Gasteiger partial charge in [0.2, 0.25) is 0 Å². The maximum Gasteiger partial charge on any atom is 0.411 e. The predicted molar refractivity (Wildman–Crippen MR) is 84.0 cm³/mol. The van der Waals surface area contributed by atoms with Gasteiger partial charge in [0.25, 0.3) is 0 Å². The Balaban J connectivity index is 4.92. The molecular weight excluding hydrogens is 350 g/mol. The van der Waals surface area contributed by atoms with Gasteiger partial charge in [0, 0.05) is 0 Å². The number of allylic oxidation sites excluding steroid dienone is 5. The second kappa shape index (κ2) is 10.0. The van der Waals surface area contributed by atoms with Crippen LogP contribution in [-0.4, -0.2) is 31.4 Å². The lowest BCUT2D eigenvalue weighted by Crippen LogP contribution is -2.37. The molecular formula is C17H24F6O2. The summed E-state index contributed by atoms with van der Waals surface area (Å²) in [4.78, 5) is 0. The molecule has 0 aromatic carbocycles. The van der Waals surface area contributed by atoms with E-state index < -0.39 is 31.4 Å². The summed E-state index contributed by atoms with van der Waals surface area (Å²) in [7, 11) is 0. The molecule has 0 amide bonds. The molecule has 25 heavy (non-hydrogen) atoms. The Morgan fingerprint density at radius 2 is 1.36 bits per heavy atom. The van der Waals surface area contributed by atoms with Gasteiger partial charge in [-0.15, -0.1) is 0 Å². The molecule has 146 valence electrons. The SMILES string of the molecule is CC(C)=CCC/C(C)=C/C=C\C(C)(OCC(F)(F)F)OCC(F)(F)F. The standard InChI is InChI=1S/C17H24F6O2/c1-13(2)7-5-8-14(3)9-6-10-15(4,24-11-16(18,19)20)25-12-17(21,22)23/h6-7,9-10H,5,8,11-12H2,1-4H3/b10-6-,14-9+. The van der Waals surface area contributed by atoms with E-state index in [1.54, 1.807) is 6.08 Å². The smallest absolute Gasteiger partial charge is 0.337 e. The maximum atomic E-state index is 12.3. The van der Waals surface area contributed by atoms with Gasteiger partial charge in [0.1, 0.15) is 13.2 Å². The van der Waals surface area contributed by atoms with E-state index in [9.17, 15) is 26.3 Å². The van der Waals surface area contributed by atoms with Crippen molar-refractivity contribution in [1.82, 2.24) is 0 Å². The lowest BCUT2D eigenvalue weighted by atomic mass is 10.1. The van der Waals surface area contributed by atoms with Crippen LogP contribution in [0.3, 0.4) is 0 Å². The fourth-order valence-corrected chi connectivity index (χ4v) is 1.65. The van der Waals surface area contributed by atoms with Crippen molar-refractivity contribution in [2.24, 2.45) is 0 Å².